The molecule has 0 saturated carbocycles. The molecule has 1 aromatic carbocycles. The van der Waals surface area contributed by atoms with E-state index in [1.807, 2.05) is 20.8 Å². The molecule has 0 aliphatic heterocycles. The van der Waals surface area contributed by atoms with Gasteiger partial charge >= 0.3 is 6.01 Å². The molecule has 2 aromatic rings. The highest BCUT2D eigenvalue weighted by Gasteiger charge is 2.16. The molecule has 0 saturated heterocycles. The predicted molar refractivity (Wildman–Crippen MR) is 71.9 cm³/mol. The van der Waals surface area contributed by atoms with Crippen molar-refractivity contribution in [2.75, 3.05) is 5.32 Å². The number of hydrogen-bond acceptors (Lipinski definition) is 4. The van der Waals surface area contributed by atoms with Crippen molar-refractivity contribution in [3.63, 3.8) is 0 Å². The monoisotopic (exact) mass is 283 g/mol. The average Bonchev–Trinajstić information content (AvgIpc) is 2.70. The summed E-state index contributed by atoms with van der Waals surface area (Å²) in [6.07, 6.45) is 0.238. The number of hydrogen-bond donors (Lipinski definition) is 1. The first kappa shape index (κ1) is 13.8. The van der Waals surface area contributed by atoms with Crippen LogP contribution in [0.4, 0.5) is 10.4 Å². The minimum absolute atomic E-state index is 0.0917. The van der Waals surface area contributed by atoms with Crippen molar-refractivity contribution in [3.05, 3.63) is 40.4 Å². The summed E-state index contributed by atoms with van der Waals surface area (Å²) in [7, 11) is 0. The van der Waals surface area contributed by atoms with E-state index in [2.05, 4.69) is 15.5 Å². The summed E-state index contributed by atoms with van der Waals surface area (Å²) in [6.45, 7) is 5.94. The molecule has 1 heterocycles. The SMILES string of the molecule is CC(C)(C)Nc1nc(Cc2cccc(Cl)c2F)no1. The summed E-state index contributed by atoms with van der Waals surface area (Å²) in [4.78, 5) is 4.16. The molecule has 1 N–H and O–H groups in total. The fraction of sp³-hybridized carbons (Fsp3) is 0.385. The van der Waals surface area contributed by atoms with Crippen LogP contribution < -0.4 is 5.32 Å². The molecule has 19 heavy (non-hydrogen) atoms. The number of benzene rings is 1. The number of rotatable bonds is 3. The standard InChI is InChI=1S/C13H15ClFN3O/c1-13(2,3)17-12-16-10(18-19-12)7-8-5-4-6-9(14)11(8)15/h4-6H,7H2,1-3H3,(H,16,17,18). The lowest BCUT2D eigenvalue weighted by atomic mass is 10.1. The maximum Gasteiger partial charge on any atom is 0.321 e. The quantitative estimate of drug-likeness (QED) is 0.934. The Labute approximate surface area is 116 Å². The van der Waals surface area contributed by atoms with E-state index in [9.17, 15) is 4.39 Å². The number of nitrogens with zero attached hydrogens (tertiary/aromatic N) is 2. The lowest BCUT2D eigenvalue weighted by molar-refractivity contribution is 0.413. The number of anilines is 1. The first-order valence-corrected chi connectivity index (χ1v) is 6.26. The van der Waals surface area contributed by atoms with Gasteiger partial charge in [-0.2, -0.15) is 4.98 Å². The Balaban J connectivity index is 2.14. The molecule has 0 unspecified atom stereocenters. The Kier molecular flexibility index (Phi) is 3.75. The maximum absolute atomic E-state index is 13.7. The second kappa shape index (κ2) is 5.17. The van der Waals surface area contributed by atoms with E-state index in [1.54, 1.807) is 12.1 Å². The minimum atomic E-state index is -0.445. The van der Waals surface area contributed by atoms with Crippen LogP contribution in [0, 0.1) is 5.82 Å². The number of halogens is 2. The molecule has 102 valence electrons. The molecule has 0 bridgehead atoms. The van der Waals surface area contributed by atoms with Crippen LogP contribution in [-0.2, 0) is 6.42 Å². The van der Waals surface area contributed by atoms with Gasteiger partial charge in [0.1, 0.15) is 5.82 Å². The first-order valence-electron chi connectivity index (χ1n) is 5.89. The van der Waals surface area contributed by atoms with E-state index in [1.165, 1.54) is 6.07 Å². The third-order valence-corrected chi connectivity index (χ3v) is 2.62. The Morgan fingerprint density at radius 3 is 2.79 bits per heavy atom. The van der Waals surface area contributed by atoms with Crippen molar-refractivity contribution < 1.29 is 8.91 Å². The van der Waals surface area contributed by atoms with Crippen molar-refractivity contribution >= 4 is 17.6 Å². The van der Waals surface area contributed by atoms with Gasteiger partial charge in [0.15, 0.2) is 5.82 Å². The molecule has 0 aliphatic carbocycles. The second-order valence-electron chi connectivity index (χ2n) is 5.28. The third-order valence-electron chi connectivity index (χ3n) is 2.33. The number of nitrogens with one attached hydrogen (secondary N) is 1. The fourth-order valence-corrected chi connectivity index (χ4v) is 1.75. The molecule has 2 rings (SSSR count). The summed E-state index contributed by atoms with van der Waals surface area (Å²) in [5.41, 5.74) is 0.265. The molecule has 0 radical (unpaired) electrons. The van der Waals surface area contributed by atoms with Crippen molar-refractivity contribution in [2.24, 2.45) is 0 Å². The summed E-state index contributed by atoms with van der Waals surface area (Å²) in [6, 6.07) is 5.16. The second-order valence-corrected chi connectivity index (χ2v) is 5.69. The van der Waals surface area contributed by atoms with Gasteiger partial charge in [-0.15, -0.1) is 0 Å². The maximum atomic E-state index is 13.7. The highest BCUT2D eigenvalue weighted by molar-refractivity contribution is 6.30. The minimum Gasteiger partial charge on any atom is -0.333 e. The van der Waals surface area contributed by atoms with Gasteiger partial charge in [0.2, 0.25) is 0 Å². The largest absolute Gasteiger partial charge is 0.333 e. The molecular weight excluding hydrogens is 269 g/mol. The van der Waals surface area contributed by atoms with Crippen LogP contribution in [0.5, 0.6) is 0 Å². The molecule has 0 amide bonds. The zero-order valence-corrected chi connectivity index (χ0v) is 11.8. The van der Waals surface area contributed by atoms with E-state index >= 15 is 0 Å². The zero-order chi connectivity index (χ0) is 14.0. The van der Waals surface area contributed by atoms with Crippen LogP contribution in [0.1, 0.15) is 32.2 Å². The Morgan fingerprint density at radius 2 is 2.11 bits per heavy atom. The predicted octanol–water partition coefficient (Wildman–Crippen LogP) is 3.66. The van der Waals surface area contributed by atoms with Crippen LogP contribution in [-0.4, -0.2) is 15.7 Å². The molecule has 1 aromatic heterocycles. The topological polar surface area (TPSA) is 51.0 Å². The highest BCUT2D eigenvalue weighted by Crippen LogP contribution is 2.20. The van der Waals surface area contributed by atoms with Gasteiger partial charge in [-0.25, -0.2) is 4.39 Å². The van der Waals surface area contributed by atoms with Crippen molar-refractivity contribution in [1.82, 2.24) is 10.1 Å². The molecule has 0 aliphatic rings. The van der Waals surface area contributed by atoms with E-state index in [0.717, 1.165) is 0 Å². The lowest BCUT2D eigenvalue weighted by Crippen LogP contribution is -2.26. The van der Waals surface area contributed by atoms with Crippen LogP contribution in [0.3, 0.4) is 0 Å². The van der Waals surface area contributed by atoms with Gasteiger partial charge in [0, 0.05) is 12.0 Å². The van der Waals surface area contributed by atoms with E-state index in [4.69, 9.17) is 16.1 Å². The molecule has 0 fully saturated rings. The van der Waals surface area contributed by atoms with Gasteiger partial charge in [-0.3, -0.25) is 0 Å². The molecule has 4 nitrogen and oxygen atoms in total. The smallest absolute Gasteiger partial charge is 0.321 e. The van der Waals surface area contributed by atoms with E-state index in [-0.39, 0.29) is 17.0 Å². The zero-order valence-electron chi connectivity index (χ0n) is 11.0. The summed E-state index contributed by atoms with van der Waals surface area (Å²) in [5.74, 6) is -0.0350. The Bertz CT molecular complexity index is 578. The van der Waals surface area contributed by atoms with Gasteiger partial charge < -0.3 is 9.84 Å². The van der Waals surface area contributed by atoms with Gasteiger partial charge in [0.05, 0.1) is 5.02 Å². The Morgan fingerprint density at radius 1 is 1.37 bits per heavy atom. The number of aromatic nitrogens is 2. The lowest BCUT2D eigenvalue weighted by Gasteiger charge is -2.17. The van der Waals surface area contributed by atoms with Crippen LogP contribution in [0.25, 0.3) is 0 Å². The highest BCUT2D eigenvalue weighted by atomic mass is 35.5. The van der Waals surface area contributed by atoms with Crippen LogP contribution in [0.2, 0.25) is 5.02 Å². The molecule has 6 heteroatoms. The van der Waals surface area contributed by atoms with E-state index < -0.39 is 5.82 Å². The van der Waals surface area contributed by atoms with Crippen molar-refractivity contribution in [1.29, 1.82) is 0 Å². The summed E-state index contributed by atoms with van der Waals surface area (Å²) < 4.78 is 18.8. The van der Waals surface area contributed by atoms with Crippen LogP contribution >= 0.6 is 11.6 Å². The normalized spacial score (nSPS) is 11.6. The first-order chi connectivity index (χ1) is 8.85. The summed E-state index contributed by atoms with van der Waals surface area (Å²) in [5, 5.41) is 6.95. The van der Waals surface area contributed by atoms with Gasteiger partial charge in [-0.1, -0.05) is 28.9 Å². The van der Waals surface area contributed by atoms with Gasteiger partial charge in [-0.05, 0) is 32.4 Å². The van der Waals surface area contributed by atoms with Crippen molar-refractivity contribution in [3.8, 4) is 0 Å². The molecular formula is C13H15ClFN3O. The van der Waals surface area contributed by atoms with Crippen molar-refractivity contribution in [2.45, 2.75) is 32.7 Å². The summed E-state index contributed by atoms with van der Waals surface area (Å²) >= 11 is 5.72. The van der Waals surface area contributed by atoms with E-state index in [0.29, 0.717) is 17.4 Å². The average molecular weight is 284 g/mol. The third kappa shape index (κ3) is 3.67. The Hall–Kier alpha value is -1.62. The molecule has 0 atom stereocenters. The van der Waals surface area contributed by atoms with Crippen LogP contribution in [0.15, 0.2) is 22.7 Å². The molecule has 0 spiro atoms. The van der Waals surface area contributed by atoms with Gasteiger partial charge in [0.25, 0.3) is 0 Å². The fourth-order valence-electron chi connectivity index (χ4n) is 1.55.